The van der Waals surface area contributed by atoms with Gasteiger partial charge in [-0.1, -0.05) is 53.4 Å². The van der Waals surface area contributed by atoms with Gasteiger partial charge in [0.15, 0.2) is 14.5 Å². The Morgan fingerprint density at radius 1 is 1.33 bits per heavy atom. The van der Waals surface area contributed by atoms with Gasteiger partial charge in [0.1, 0.15) is 0 Å². The number of halogens is 4. The van der Waals surface area contributed by atoms with E-state index in [0.717, 1.165) is 16.2 Å². The van der Waals surface area contributed by atoms with Crippen LogP contribution >= 0.6 is 46.5 Å². The smallest absolute Gasteiger partial charge is 0.309 e. The van der Waals surface area contributed by atoms with Crippen LogP contribution in [0.4, 0.5) is 19.0 Å². The summed E-state index contributed by atoms with van der Waals surface area (Å²) in [6, 6.07) is 0.719. The van der Waals surface area contributed by atoms with Crippen molar-refractivity contribution in [1.82, 2.24) is 15.2 Å². The Morgan fingerprint density at radius 2 is 2.00 bits per heavy atom. The standard InChI is InChI=1S/C12H10ClF3N4OS3/c1-2-22-10-19-20-11(24-10)23-5-8(21)18-9-7(13)3-6(4-17-9)12(14,15)16/h3-4H,2,5H2,1H3,(H,17,18,21). The van der Waals surface area contributed by atoms with Gasteiger partial charge in [0, 0.05) is 6.20 Å². The SMILES string of the molecule is CCSc1nnc(SCC(=O)Nc2ncc(C(F)(F)F)cc2Cl)s1. The van der Waals surface area contributed by atoms with Crippen LogP contribution in [0.15, 0.2) is 20.9 Å². The van der Waals surface area contributed by atoms with Gasteiger partial charge in [0.2, 0.25) is 5.91 Å². The van der Waals surface area contributed by atoms with Crippen LogP contribution in [0.3, 0.4) is 0 Å². The van der Waals surface area contributed by atoms with Crippen LogP contribution in [0.2, 0.25) is 5.02 Å². The molecule has 2 aromatic heterocycles. The van der Waals surface area contributed by atoms with E-state index in [1.54, 1.807) is 11.8 Å². The minimum absolute atomic E-state index is 0.0183. The summed E-state index contributed by atoms with van der Waals surface area (Å²) in [6.07, 6.45) is -3.92. The first kappa shape index (κ1) is 19.3. The fourth-order valence-electron chi connectivity index (χ4n) is 1.42. The van der Waals surface area contributed by atoms with Crippen molar-refractivity contribution >= 4 is 58.2 Å². The van der Waals surface area contributed by atoms with Gasteiger partial charge in [0.05, 0.1) is 16.3 Å². The molecule has 0 aliphatic carbocycles. The Hall–Kier alpha value is -1.04. The lowest BCUT2D eigenvalue weighted by molar-refractivity contribution is -0.137. The molecule has 1 amide bonds. The summed E-state index contributed by atoms with van der Waals surface area (Å²) in [5.41, 5.74) is -0.977. The maximum Gasteiger partial charge on any atom is 0.417 e. The number of thioether (sulfide) groups is 2. The summed E-state index contributed by atoms with van der Waals surface area (Å²) >= 11 is 9.82. The van der Waals surface area contributed by atoms with E-state index >= 15 is 0 Å². The first-order chi connectivity index (χ1) is 11.3. The molecule has 0 aromatic carbocycles. The van der Waals surface area contributed by atoms with Gasteiger partial charge in [-0.15, -0.1) is 10.2 Å². The van der Waals surface area contributed by atoms with Crippen molar-refractivity contribution in [2.45, 2.75) is 21.8 Å². The normalized spacial score (nSPS) is 11.5. The first-order valence-electron chi connectivity index (χ1n) is 6.41. The fraction of sp³-hybridized carbons (Fsp3) is 0.333. The predicted octanol–water partition coefficient (Wildman–Crippen LogP) is 4.45. The summed E-state index contributed by atoms with van der Waals surface area (Å²) < 4.78 is 39.0. The van der Waals surface area contributed by atoms with Gasteiger partial charge in [-0.25, -0.2) is 4.98 Å². The number of amides is 1. The molecule has 1 N–H and O–H groups in total. The van der Waals surface area contributed by atoms with Crippen molar-refractivity contribution in [3.63, 3.8) is 0 Å². The molecule has 130 valence electrons. The topological polar surface area (TPSA) is 67.8 Å². The van der Waals surface area contributed by atoms with E-state index < -0.39 is 17.6 Å². The number of nitrogens with one attached hydrogen (secondary N) is 1. The number of alkyl halides is 3. The molecular weight excluding hydrogens is 405 g/mol. The van der Waals surface area contributed by atoms with Crippen molar-refractivity contribution in [1.29, 1.82) is 0 Å². The van der Waals surface area contributed by atoms with E-state index in [2.05, 4.69) is 20.5 Å². The molecule has 12 heteroatoms. The molecule has 2 aromatic rings. The zero-order chi connectivity index (χ0) is 17.7. The molecule has 0 saturated carbocycles. The molecule has 24 heavy (non-hydrogen) atoms. The van der Waals surface area contributed by atoms with Crippen LogP contribution in [0.25, 0.3) is 0 Å². The molecule has 0 radical (unpaired) electrons. The quantitative estimate of drug-likeness (QED) is 0.704. The maximum atomic E-state index is 12.5. The van der Waals surface area contributed by atoms with Crippen LogP contribution in [0.1, 0.15) is 12.5 Å². The number of rotatable bonds is 6. The van der Waals surface area contributed by atoms with Crippen LogP contribution < -0.4 is 5.32 Å². The highest BCUT2D eigenvalue weighted by atomic mass is 35.5. The van der Waals surface area contributed by atoms with Crippen LogP contribution in [0, 0.1) is 0 Å². The number of anilines is 1. The number of carbonyl (C=O) groups is 1. The monoisotopic (exact) mass is 414 g/mol. The van der Waals surface area contributed by atoms with Crippen molar-refractivity contribution < 1.29 is 18.0 Å². The lowest BCUT2D eigenvalue weighted by Gasteiger charge is -2.09. The predicted molar refractivity (Wildman–Crippen MR) is 89.9 cm³/mol. The average molecular weight is 415 g/mol. The van der Waals surface area contributed by atoms with E-state index in [0.29, 0.717) is 10.5 Å². The van der Waals surface area contributed by atoms with E-state index in [9.17, 15) is 18.0 Å². The molecule has 0 saturated heterocycles. The highest BCUT2D eigenvalue weighted by Gasteiger charge is 2.31. The van der Waals surface area contributed by atoms with Gasteiger partial charge in [-0.3, -0.25) is 4.79 Å². The van der Waals surface area contributed by atoms with Crippen molar-refractivity contribution in [3.8, 4) is 0 Å². The lowest BCUT2D eigenvalue weighted by Crippen LogP contribution is -2.16. The largest absolute Gasteiger partial charge is 0.417 e. The zero-order valence-electron chi connectivity index (χ0n) is 12.1. The molecule has 0 spiro atoms. The number of nitrogens with zero attached hydrogens (tertiary/aromatic N) is 3. The third-order valence-electron chi connectivity index (χ3n) is 2.41. The maximum absolute atomic E-state index is 12.5. The van der Waals surface area contributed by atoms with Gasteiger partial charge >= 0.3 is 6.18 Å². The fourth-order valence-corrected chi connectivity index (χ4v) is 4.35. The molecule has 0 atom stereocenters. The molecule has 0 aliphatic rings. The molecule has 2 heterocycles. The van der Waals surface area contributed by atoms with Crippen molar-refractivity contribution in [3.05, 3.63) is 22.8 Å². The number of pyridine rings is 1. The highest BCUT2D eigenvalue weighted by Crippen LogP contribution is 2.32. The minimum atomic E-state index is -4.54. The third kappa shape index (κ3) is 5.50. The Bertz CT molecular complexity index is 726. The second kappa shape index (κ2) is 8.37. The molecule has 0 fully saturated rings. The molecule has 0 unspecified atom stereocenters. The van der Waals surface area contributed by atoms with Crippen LogP contribution in [-0.2, 0) is 11.0 Å². The number of aromatic nitrogens is 3. The van der Waals surface area contributed by atoms with Crippen LogP contribution in [-0.4, -0.2) is 32.6 Å². The minimum Gasteiger partial charge on any atom is -0.309 e. The van der Waals surface area contributed by atoms with Gasteiger partial charge in [0.25, 0.3) is 0 Å². The highest BCUT2D eigenvalue weighted by molar-refractivity contribution is 8.03. The van der Waals surface area contributed by atoms with Gasteiger partial charge < -0.3 is 5.32 Å². The molecule has 0 bridgehead atoms. The third-order valence-corrected chi connectivity index (χ3v) is 5.77. The molecule has 5 nitrogen and oxygen atoms in total. The molecule has 2 rings (SSSR count). The second-order valence-electron chi connectivity index (χ2n) is 4.16. The summed E-state index contributed by atoms with van der Waals surface area (Å²) in [5.74, 6) is 0.325. The number of hydrogen-bond donors (Lipinski definition) is 1. The van der Waals surface area contributed by atoms with Crippen molar-refractivity contribution in [2.75, 3.05) is 16.8 Å². The second-order valence-corrected chi connectivity index (χ2v) is 8.27. The van der Waals surface area contributed by atoms with Crippen molar-refractivity contribution in [2.24, 2.45) is 0 Å². The Balaban J connectivity index is 1.92. The van der Waals surface area contributed by atoms with E-state index in [-0.39, 0.29) is 16.6 Å². The summed E-state index contributed by atoms with van der Waals surface area (Å²) in [6.45, 7) is 1.99. The molecular formula is C12H10ClF3N4OS3. The number of hydrogen-bond acceptors (Lipinski definition) is 7. The first-order valence-corrected chi connectivity index (χ1v) is 9.58. The Morgan fingerprint density at radius 3 is 2.58 bits per heavy atom. The molecule has 0 aliphatic heterocycles. The Labute approximate surface area is 152 Å². The summed E-state index contributed by atoms with van der Waals surface area (Å²) in [4.78, 5) is 15.4. The van der Waals surface area contributed by atoms with Gasteiger partial charge in [-0.2, -0.15) is 13.2 Å². The van der Waals surface area contributed by atoms with Gasteiger partial charge in [-0.05, 0) is 11.8 Å². The zero-order valence-corrected chi connectivity index (χ0v) is 15.3. The Kier molecular flexibility index (Phi) is 6.72. The summed E-state index contributed by atoms with van der Waals surface area (Å²) in [5, 5.41) is 9.98. The van der Waals surface area contributed by atoms with E-state index in [1.807, 2.05) is 6.92 Å². The average Bonchev–Trinajstić information content (AvgIpc) is 2.94. The van der Waals surface area contributed by atoms with Crippen LogP contribution in [0.5, 0.6) is 0 Å². The number of carbonyl (C=O) groups excluding carboxylic acids is 1. The lowest BCUT2D eigenvalue weighted by atomic mass is 10.3. The van der Waals surface area contributed by atoms with E-state index in [1.165, 1.54) is 23.1 Å². The summed E-state index contributed by atoms with van der Waals surface area (Å²) in [7, 11) is 0. The van der Waals surface area contributed by atoms with E-state index in [4.69, 9.17) is 11.6 Å².